The molecule has 120 valence electrons. The van der Waals surface area contributed by atoms with Crippen LogP contribution in [-0.4, -0.2) is 4.98 Å². The predicted octanol–water partition coefficient (Wildman–Crippen LogP) is 4.72. The summed E-state index contributed by atoms with van der Waals surface area (Å²) in [7, 11) is 0. The van der Waals surface area contributed by atoms with Crippen LogP contribution in [0.15, 0.2) is 97.1 Å². The van der Waals surface area contributed by atoms with Crippen molar-refractivity contribution in [1.82, 2.24) is 4.98 Å². The van der Waals surface area contributed by atoms with Crippen molar-refractivity contribution in [2.45, 2.75) is 0 Å². The van der Waals surface area contributed by atoms with Gasteiger partial charge in [0.15, 0.2) is 0 Å². The number of aromatic nitrogens is 2. The van der Waals surface area contributed by atoms with Crippen LogP contribution in [0.4, 0.5) is 0 Å². The Bertz CT molecular complexity index is 999. The molecule has 0 aliphatic rings. The Morgan fingerprint density at radius 1 is 0.520 bits per heavy atom. The lowest BCUT2D eigenvalue weighted by Gasteiger charge is -2.10. The second-order valence-corrected chi connectivity index (χ2v) is 5.73. The van der Waals surface area contributed by atoms with E-state index in [9.17, 15) is 5.21 Å². The summed E-state index contributed by atoms with van der Waals surface area (Å²) in [6.07, 6.45) is 0. The Morgan fingerprint density at radius 3 is 1.80 bits per heavy atom. The molecule has 0 atom stereocenters. The summed E-state index contributed by atoms with van der Waals surface area (Å²) in [5.41, 5.74) is 4.58. The monoisotopic (exact) mass is 324 g/mol. The minimum atomic E-state index is 0.541. The van der Waals surface area contributed by atoms with Crippen LogP contribution < -0.4 is 4.73 Å². The van der Waals surface area contributed by atoms with Crippen molar-refractivity contribution >= 4 is 0 Å². The topological polar surface area (TPSA) is 39.8 Å². The minimum Gasteiger partial charge on any atom is -0.618 e. The highest BCUT2D eigenvalue weighted by Crippen LogP contribution is 2.22. The summed E-state index contributed by atoms with van der Waals surface area (Å²) in [5, 5.41) is 12.9. The van der Waals surface area contributed by atoms with Crippen LogP contribution in [-0.2, 0) is 0 Å². The first-order valence-electron chi connectivity index (χ1n) is 8.14. The van der Waals surface area contributed by atoms with Crippen molar-refractivity contribution < 1.29 is 4.73 Å². The third-order valence-electron chi connectivity index (χ3n) is 4.10. The molecule has 2 aromatic heterocycles. The Labute approximate surface area is 146 Å². The molecule has 2 aromatic carbocycles. The second kappa shape index (κ2) is 6.57. The molecule has 4 rings (SSSR count). The lowest BCUT2D eigenvalue weighted by molar-refractivity contribution is -0.582. The van der Waals surface area contributed by atoms with E-state index in [0.29, 0.717) is 17.1 Å². The summed E-state index contributed by atoms with van der Waals surface area (Å²) in [6, 6.07) is 30.9. The fraction of sp³-hybridized carbons (Fsp3) is 0. The fourth-order valence-electron chi connectivity index (χ4n) is 2.85. The Morgan fingerprint density at radius 2 is 1.08 bits per heavy atom. The molecule has 2 heterocycles. The van der Waals surface area contributed by atoms with E-state index in [1.54, 1.807) is 6.07 Å². The predicted molar refractivity (Wildman–Crippen MR) is 99.5 cm³/mol. The standard InChI is InChI=1S/C22H16N2O/c25-24-21(18-11-5-2-6-12-18)15-8-16-22(24)20-14-7-13-19(23-20)17-9-3-1-4-10-17/h1-16H. The third kappa shape index (κ3) is 3.00. The van der Waals surface area contributed by atoms with Gasteiger partial charge < -0.3 is 5.21 Å². The zero-order valence-electron chi connectivity index (χ0n) is 13.5. The molecular formula is C22H16N2O. The van der Waals surface area contributed by atoms with Gasteiger partial charge in [0.1, 0.15) is 5.69 Å². The van der Waals surface area contributed by atoms with E-state index in [0.717, 1.165) is 21.6 Å². The van der Waals surface area contributed by atoms with Gasteiger partial charge in [-0.05, 0) is 30.3 Å². The van der Waals surface area contributed by atoms with Crippen LogP contribution in [0.2, 0.25) is 0 Å². The summed E-state index contributed by atoms with van der Waals surface area (Å²) < 4.78 is 0.951. The van der Waals surface area contributed by atoms with Crippen LogP contribution in [0.25, 0.3) is 33.9 Å². The average molecular weight is 324 g/mol. The smallest absolute Gasteiger partial charge is 0.242 e. The fourth-order valence-corrected chi connectivity index (χ4v) is 2.85. The van der Waals surface area contributed by atoms with E-state index in [1.165, 1.54) is 0 Å². The summed E-state index contributed by atoms with van der Waals surface area (Å²) in [6.45, 7) is 0. The van der Waals surface area contributed by atoms with E-state index in [1.807, 2.05) is 91.0 Å². The minimum absolute atomic E-state index is 0.541. The van der Waals surface area contributed by atoms with Crippen LogP contribution in [0, 0.1) is 5.21 Å². The van der Waals surface area contributed by atoms with E-state index < -0.39 is 0 Å². The van der Waals surface area contributed by atoms with Crippen LogP contribution >= 0.6 is 0 Å². The molecule has 0 saturated heterocycles. The number of nitrogens with zero attached hydrogens (tertiary/aromatic N) is 2. The zero-order chi connectivity index (χ0) is 17.1. The highest BCUT2D eigenvalue weighted by Gasteiger charge is 2.16. The molecule has 0 fully saturated rings. The molecular weight excluding hydrogens is 308 g/mol. The molecule has 0 bridgehead atoms. The largest absolute Gasteiger partial charge is 0.618 e. The van der Waals surface area contributed by atoms with E-state index in [-0.39, 0.29) is 0 Å². The molecule has 3 heteroatoms. The lowest BCUT2D eigenvalue weighted by atomic mass is 10.1. The van der Waals surface area contributed by atoms with Crippen molar-refractivity contribution in [1.29, 1.82) is 0 Å². The van der Waals surface area contributed by atoms with Crippen molar-refractivity contribution in [3.63, 3.8) is 0 Å². The first kappa shape index (κ1) is 15.1. The molecule has 25 heavy (non-hydrogen) atoms. The number of hydrogen-bond donors (Lipinski definition) is 0. The molecule has 0 N–H and O–H groups in total. The molecule has 4 aromatic rings. The highest BCUT2D eigenvalue weighted by molar-refractivity contribution is 5.64. The number of benzene rings is 2. The van der Waals surface area contributed by atoms with Gasteiger partial charge in [-0.15, -0.1) is 0 Å². The van der Waals surface area contributed by atoms with Gasteiger partial charge in [-0.1, -0.05) is 54.6 Å². The molecule has 0 aliphatic carbocycles. The SMILES string of the molecule is [O-][n+]1c(-c2ccccc2)cccc1-c1cccc(-c2ccccc2)n1. The molecule has 0 saturated carbocycles. The van der Waals surface area contributed by atoms with Crippen LogP contribution in [0.3, 0.4) is 0 Å². The maximum absolute atomic E-state index is 12.9. The van der Waals surface area contributed by atoms with Gasteiger partial charge in [0.25, 0.3) is 0 Å². The van der Waals surface area contributed by atoms with E-state index in [4.69, 9.17) is 0 Å². The van der Waals surface area contributed by atoms with Crippen molar-refractivity contribution in [3.8, 4) is 33.9 Å². The first-order chi connectivity index (χ1) is 12.3. The van der Waals surface area contributed by atoms with Crippen molar-refractivity contribution in [2.24, 2.45) is 0 Å². The first-order valence-corrected chi connectivity index (χ1v) is 8.14. The molecule has 0 radical (unpaired) electrons. The van der Waals surface area contributed by atoms with Gasteiger partial charge in [0.2, 0.25) is 11.4 Å². The van der Waals surface area contributed by atoms with Gasteiger partial charge in [0, 0.05) is 23.3 Å². The van der Waals surface area contributed by atoms with Gasteiger partial charge >= 0.3 is 0 Å². The van der Waals surface area contributed by atoms with Gasteiger partial charge in [-0.25, -0.2) is 4.98 Å². The summed E-state index contributed by atoms with van der Waals surface area (Å²) in [4.78, 5) is 4.69. The zero-order valence-corrected chi connectivity index (χ0v) is 13.5. The van der Waals surface area contributed by atoms with E-state index in [2.05, 4.69) is 4.98 Å². The third-order valence-corrected chi connectivity index (χ3v) is 4.10. The quantitative estimate of drug-likeness (QED) is 0.404. The highest BCUT2D eigenvalue weighted by atomic mass is 16.5. The van der Waals surface area contributed by atoms with Gasteiger partial charge in [0.05, 0.1) is 5.69 Å². The number of rotatable bonds is 3. The Hall–Kier alpha value is -3.46. The molecule has 0 unspecified atom stereocenters. The summed E-state index contributed by atoms with van der Waals surface area (Å²) >= 11 is 0. The Kier molecular flexibility index (Phi) is 3.97. The normalized spacial score (nSPS) is 10.6. The summed E-state index contributed by atoms with van der Waals surface area (Å²) in [5.74, 6) is 0. The number of hydrogen-bond acceptors (Lipinski definition) is 2. The average Bonchev–Trinajstić information content (AvgIpc) is 2.70. The maximum atomic E-state index is 12.9. The number of pyridine rings is 2. The van der Waals surface area contributed by atoms with Gasteiger partial charge in [-0.3, -0.25) is 0 Å². The molecule has 0 amide bonds. The van der Waals surface area contributed by atoms with Crippen molar-refractivity contribution in [2.75, 3.05) is 0 Å². The van der Waals surface area contributed by atoms with Crippen LogP contribution in [0.1, 0.15) is 0 Å². The Balaban J connectivity index is 1.81. The van der Waals surface area contributed by atoms with Gasteiger partial charge in [-0.2, -0.15) is 4.73 Å². The maximum Gasteiger partial charge on any atom is 0.242 e. The molecule has 3 nitrogen and oxygen atoms in total. The second-order valence-electron chi connectivity index (χ2n) is 5.73. The molecule has 0 spiro atoms. The lowest BCUT2D eigenvalue weighted by Crippen LogP contribution is -2.32. The molecule has 0 aliphatic heterocycles. The van der Waals surface area contributed by atoms with Crippen LogP contribution in [0.5, 0.6) is 0 Å². The van der Waals surface area contributed by atoms with E-state index >= 15 is 0 Å². The van der Waals surface area contributed by atoms with Crippen molar-refractivity contribution in [3.05, 3.63) is 102 Å².